The first-order valence-electron chi connectivity index (χ1n) is 10.1. The Labute approximate surface area is 191 Å². The number of carbonyl (C=O) groups is 1. The van der Waals surface area contributed by atoms with Gasteiger partial charge < -0.3 is 14.2 Å². The fourth-order valence-corrected chi connectivity index (χ4v) is 4.99. The van der Waals surface area contributed by atoms with Crippen molar-refractivity contribution >= 4 is 23.9 Å². The SMILES string of the molecule is COc1cc(/C=N/NC(=O)CSC2c3ccccc3-c3ccccc32)cc(OC)c1OC. The fourth-order valence-electron chi connectivity index (χ4n) is 3.83. The van der Waals surface area contributed by atoms with Gasteiger partial charge >= 0.3 is 0 Å². The third-order valence-corrected chi connectivity index (χ3v) is 6.52. The number of hydrogen-bond donors (Lipinski definition) is 1. The topological polar surface area (TPSA) is 69.2 Å². The predicted octanol–water partition coefficient (Wildman–Crippen LogP) is 4.67. The van der Waals surface area contributed by atoms with Crippen LogP contribution in [-0.2, 0) is 4.79 Å². The molecule has 1 aliphatic carbocycles. The van der Waals surface area contributed by atoms with Crippen molar-refractivity contribution in [1.29, 1.82) is 0 Å². The van der Waals surface area contributed by atoms with Gasteiger partial charge in [-0.3, -0.25) is 4.79 Å². The third-order valence-electron chi connectivity index (χ3n) is 5.25. The Hall–Kier alpha value is -3.45. The van der Waals surface area contributed by atoms with Crippen LogP contribution in [0.25, 0.3) is 11.1 Å². The lowest BCUT2D eigenvalue weighted by molar-refractivity contribution is -0.118. The lowest BCUT2D eigenvalue weighted by Crippen LogP contribution is -2.20. The number of hydrazone groups is 1. The van der Waals surface area contributed by atoms with Crippen molar-refractivity contribution in [3.8, 4) is 28.4 Å². The molecule has 0 radical (unpaired) electrons. The van der Waals surface area contributed by atoms with E-state index in [9.17, 15) is 4.79 Å². The number of nitrogens with one attached hydrogen (secondary N) is 1. The Balaban J connectivity index is 1.41. The molecule has 0 saturated carbocycles. The second kappa shape index (κ2) is 9.78. The fraction of sp³-hybridized carbons (Fsp3) is 0.200. The number of nitrogens with zero attached hydrogens (tertiary/aromatic N) is 1. The molecule has 7 heteroatoms. The van der Waals surface area contributed by atoms with E-state index in [1.807, 2.05) is 24.3 Å². The number of rotatable bonds is 8. The van der Waals surface area contributed by atoms with E-state index in [4.69, 9.17) is 14.2 Å². The second-order valence-electron chi connectivity index (χ2n) is 7.12. The summed E-state index contributed by atoms with van der Waals surface area (Å²) in [5.41, 5.74) is 8.28. The molecule has 0 atom stereocenters. The van der Waals surface area contributed by atoms with Gasteiger partial charge in [0.05, 0.1) is 38.5 Å². The number of hydrogen-bond acceptors (Lipinski definition) is 6. The number of carbonyl (C=O) groups excluding carboxylic acids is 1. The molecule has 0 aliphatic heterocycles. The molecule has 1 aliphatic rings. The number of ether oxygens (including phenoxy) is 3. The van der Waals surface area contributed by atoms with Gasteiger partial charge in [0.2, 0.25) is 11.7 Å². The van der Waals surface area contributed by atoms with Gasteiger partial charge in [-0.05, 0) is 34.4 Å². The molecular formula is C25H24N2O4S. The van der Waals surface area contributed by atoms with Crippen LogP contribution in [0.4, 0.5) is 0 Å². The molecule has 164 valence electrons. The van der Waals surface area contributed by atoms with Gasteiger partial charge in [0.1, 0.15) is 0 Å². The zero-order chi connectivity index (χ0) is 22.5. The van der Waals surface area contributed by atoms with Gasteiger partial charge in [0, 0.05) is 5.56 Å². The normalized spacial score (nSPS) is 12.3. The molecule has 0 bridgehead atoms. The summed E-state index contributed by atoms with van der Waals surface area (Å²) in [7, 11) is 4.65. The minimum absolute atomic E-state index is 0.132. The van der Waals surface area contributed by atoms with Crippen molar-refractivity contribution in [2.75, 3.05) is 27.1 Å². The Morgan fingerprint density at radius 2 is 1.50 bits per heavy atom. The van der Waals surface area contributed by atoms with Gasteiger partial charge in [-0.15, -0.1) is 11.8 Å². The number of benzene rings is 3. The molecular weight excluding hydrogens is 424 g/mol. The predicted molar refractivity (Wildman–Crippen MR) is 128 cm³/mol. The number of thioether (sulfide) groups is 1. The third kappa shape index (κ3) is 4.29. The minimum Gasteiger partial charge on any atom is -0.493 e. The molecule has 0 unspecified atom stereocenters. The maximum absolute atomic E-state index is 12.4. The summed E-state index contributed by atoms with van der Waals surface area (Å²) in [5.74, 6) is 1.67. The maximum Gasteiger partial charge on any atom is 0.250 e. The van der Waals surface area contributed by atoms with Crippen molar-refractivity contribution in [2.45, 2.75) is 5.25 Å². The van der Waals surface area contributed by atoms with Crippen molar-refractivity contribution in [1.82, 2.24) is 5.43 Å². The standard InChI is InChI=1S/C25H24N2O4S/c1-29-21-12-16(13-22(30-2)24(21)31-3)14-26-27-23(28)15-32-25-19-10-6-4-8-17(19)18-9-5-7-11-20(18)25/h4-14,25H,15H2,1-3H3,(H,27,28)/b26-14+. The molecule has 0 heterocycles. The molecule has 3 aromatic rings. The summed E-state index contributed by atoms with van der Waals surface area (Å²) < 4.78 is 16.0. The molecule has 6 nitrogen and oxygen atoms in total. The van der Waals surface area contributed by atoms with E-state index >= 15 is 0 Å². The van der Waals surface area contributed by atoms with Crippen molar-refractivity contribution < 1.29 is 19.0 Å². The van der Waals surface area contributed by atoms with Crippen molar-refractivity contribution in [3.05, 3.63) is 77.4 Å². The highest BCUT2D eigenvalue weighted by atomic mass is 32.2. The smallest absolute Gasteiger partial charge is 0.250 e. The summed E-state index contributed by atoms with van der Waals surface area (Å²) in [6, 6.07) is 20.2. The van der Waals surface area contributed by atoms with Crippen LogP contribution in [0.2, 0.25) is 0 Å². The first-order chi connectivity index (χ1) is 15.7. The summed E-state index contributed by atoms with van der Waals surface area (Å²) in [6.45, 7) is 0. The van der Waals surface area contributed by atoms with Gasteiger partial charge in [-0.2, -0.15) is 5.10 Å². The summed E-state index contributed by atoms with van der Waals surface area (Å²) >= 11 is 1.60. The number of amides is 1. The van der Waals surface area contributed by atoms with Crippen LogP contribution < -0.4 is 19.6 Å². The molecule has 1 amide bonds. The second-order valence-corrected chi connectivity index (χ2v) is 8.21. The average molecular weight is 449 g/mol. The first-order valence-corrected chi connectivity index (χ1v) is 11.1. The van der Waals surface area contributed by atoms with Crippen molar-refractivity contribution in [2.24, 2.45) is 5.10 Å². The Morgan fingerprint density at radius 3 is 2.03 bits per heavy atom. The number of fused-ring (bicyclic) bond motifs is 3. The van der Waals surface area contributed by atoms with Crippen LogP contribution in [0.5, 0.6) is 17.2 Å². The van der Waals surface area contributed by atoms with E-state index in [2.05, 4.69) is 34.8 Å². The van der Waals surface area contributed by atoms with E-state index in [0.717, 1.165) is 0 Å². The highest BCUT2D eigenvalue weighted by molar-refractivity contribution is 8.00. The molecule has 0 fully saturated rings. The van der Waals surface area contributed by atoms with E-state index in [1.54, 1.807) is 51.4 Å². The summed E-state index contributed by atoms with van der Waals surface area (Å²) in [4.78, 5) is 12.4. The van der Waals surface area contributed by atoms with Crippen LogP contribution in [-0.4, -0.2) is 39.2 Å². The lowest BCUT2D eigenvalue weighted by Gasteiger charge is -2.13. The van der Waals surface area contributed by atoms with Gasteiger partial charge in [-0.1, -0.05) is 48.5 Å². The molecule has 0 spiro atoms. The largest absolute Gasteiger partial charge is 0.493 e. The molecule has 32 heavy (non-hydrogen) atoms. The minimum atomic E-state index is -0.166. The van der Waals surface area contributed by atoms with Crippen LogP contribution >= 0.6 is 11.8 Å². The highest BCUT2D eigenvalue weighted by Gasteiger charge is 2.28. The highest BCUT2D eigenvalue weighted by Crippen LogP contribution is 2.49. The molecule has 0 aromatic heterocycles. The van der Waals surface area contributed by atoms with Crippen LogP contribution in [0.3, 0.4) is 0 Å². The average Bonchev–Trinajstić information content (AvgIpc) is 3.15. The first kappa shape index (κ1) is 21.8. The maximum atomic E-state index is 12.4. The van der Waals surface area contributed by atoms with Gasteiger partial charge in [0.25, 0.3) is 0 Å². The van der Waals surface area contributed by atoms with E-state index in [-0.39, 0.29) is 11.2 Å². The van der Waals surface area contributed by atoms with Crippen LogP contribution in [0.15, 0.2) is 65.8 Å². The van der Waals surface area contributed by atoms with Gasteiger partial charge in [0.15, 0.2) is 11.5 Å². The zero-order valence-corrected chi connectivity index (χ0v) is 18.9. The Bertz CT molecular complexity index is 1090. The summed E-state index contributed by atoms with van der Waals surface area (Å²) in [5, 5.41) is 4.22. The van der Waals surface area contributed by atoms with Crippen LogP contribution in [0, 0.1) is 0 Å². The van der Waals surface area contributed by atoms with Gasteiger partial charge in [-0.25, -0.2) is 5.43 Å². The van der Waals surface area contributed by atoms with E-state index in [1.165, 1.54) is 22.3 Å². The zero-order valence-electron chi connectivity index (χ0n) is 18.1. The number of methoxy groups -OCH3 is 3. The lowest BCUT2D eigenvalue weighted by atomic mass is 10.1. The molecule has 4 rings (SSSR count). The van der Waals surface area contributed by atoms with E-state index in [0.29, 0.717) is 28.6 Å². The molecule has 3 aromatic carbocycles. The van der Waals surface area contributed by atoms with E-state index < -0.39 is 0 Å². The molecule has 1 N–H and O–H groups in total. The quantitative estimate of drug-likeness (QED) is 0.401. The Kier molecular flexibility index (Phi) is 6.66. The molecule has 0 saturated heterocycles. The monoisotopic (exact) mass is 448 g/mol. The summed E-state index contributed by atoms with van der Waals surface area (Å²) in [6.07, 6.45) is 1.55. The van der Waals surface area contributed by atoms with Crippen molar-refractivity contribution in [3.63, 3.8) is 0 Å². The Morgan fingerprint density at radius 1 is 0.938 bits per heavy atom. The van der Waals surface area contributed by atoms with Crippen LogP contribution in [0.1, 0.15) is 21.9 Å².